The molecule has 1 aliphatic rings. The minimum atomic E-state index is -1.58. The highest BCUT2D eigenvalue weighted by molar-refractivity contribution is 6.74. The van der Waals surface area contributed by atoms with Gasteiger partial charge in [0.05, 0.1) is 6.61 Å². The molecule has 104 valence electrons. The molecular weight excluding hydrogens is 236 g/mol. The van der Waals surface area contributed by atoms with Crippen molar-refractivity contribution in [3.63, 3.8) is 0 Å². The number of rotatable bonds is 5. The van der Waals surface area contributed by atoms with Crippen LogP contribution in [0.5, 0.6) is 0 Å². The van der Waals surface area contributed by atoms with Gasteiger partial charge in [0.25, 0.3) is 0 Å². The van der Waals surface area contributed by atoms with E-state index in [1.54, 1.807) is 0 Å². The van der Waals surface area contributed by atoms with Crippen LogP contribution in [0.2, 0.25) is 18.1 Å². The summed E-state index contributed by atoms with van der Waals surface area (Å²) in [5, 5.41) is 0.303. The summed E-state index contributed by atoms with van der Waals surface area (Å²) in [6, 6.07) is 0. The van der Waals surface area contributed by atoms with Gasteiger partial charge in [0.15, 0.2) is 8.32 Å². The van der Waals surface area contributed by atoms with Crippen molar-refractivity contribution in [2.75, 3.05) is 6.61 Å². The Kier molecular flexibility index (Phi) is 5.41. The molecule has 1 rings (SSSR count). The van der Waals surface area contributed by atoms with Gasteiger partial charge >= 0.3 is 0 Å². The zero-order valence-electron chi connectivity index (χ0n) is 12.8. The van der Waals surface area contributed by atoms with E-state index in [0.29, 0.717) is 16.9 Å². The summed E-state index contributed by atoms with van der Waals surface area (Å²) >= 11 is 0. The standard InChI is InChI=1S/C16H30OSi/c1-7-14-10-8-11-15(14)12-9-13-17-18(5,6)16(2,3)4/h7,9,12,14-15H,1,8,10-11,13H2,2-6H3/b12-9+/t14-,15-/m0/s1. The second kappa shape index (κ2) is 6.20. The Morgan fingerprint density at radius 1 is 1.22 bits per heavy atom. The molecule has 0 aromatic rings. The third kappa shape index (κ3) is 4.10. The molecule has 1 saturated carbocycles. The van der Waals surface area contributed by atoms with Crippen molar-refractivity contribution in [1.29, 1.82) is 0 Å². The molecular formula is C16H30OSi. The van der Waals surface area contributed by atoms with Crippen LogP contribution in [0.15, 0.2) is 24.8 Å². The fraction of sp³-hybridized carbons (Fsp3) is 0.750. The van der Waals surface area contributed by atoms with Crippen molar-refractivity contribution >= 4 is 8.32 Å². The maximum Gasteiger partial charge on any atom is 0.192 e. The second-order valence-electron chi connectivity index (χ2n) is 6.99. The quantitative estimate of drug-likeness (QED) is 0.493. The lowest BCUT2D eigenvalue weighted by molar-refractivity contribution is 0.327. The van der Waals surface area contributed by atoms with Gasteiger partial charge in [-0.25, -0.2) is 0 Å². The predicted molar refractivity (Wildman–Crippen MR) is 83.3 cm³/mol. The summed E-state index contributed by atoms with van der Waals surface area (Å²) in [4.78, 5) is 0. The Morgan fingerprint density at radius 3 is 2.39 bits per heavy atom. The average molecular weight is 267 g/mol. The van der Waals surface area contributed by atoms with E-state index in [1.165, 1.54) is 19.3 Å². The second-order valence-corrected chi connectivity index (χ2v) is 11.8. The van der Waals surface area contributed by atoms with E-state index in [0.717, 1.165) is 6.61 Å². The maximum absolute atomic E-state index is 6.15. The van der Waals surface area contributed by atoms with Gasteiger partial charge in [0.1, 0.15) is 0 Å². The molecule has 0 aromatic carbocycles. The SMILES string of the molecule is C=C[C@H]1CCC[C@H]1/C=C/CO[Si](C)(C)C(C)(C)C. The third-order valence-electron chi connectivity index (χ3n) is 4.66. The van der Waals surface area contributed by atoms with Gasteiger partial charge in [-0.2, -0.15) is 0 Å². The molecule has 2 atom stereocenters. The van der Waals surface area contributed by atoms with E-state index in [1.807, 2.05) is 0 Å². The average Bonchev–Trinajstić information content (AvgIpc) is 2.70. The molecule has 0 N–H and O–H groups in total. The molecule has 2 heteroatoms. The first-order valence-corrected chi connectivity index (χ1v) is 10.1. The van der Waals surface area contributed by atoms with Crippen LogP contribution < -0.4 is 0 Å². The molecule has 0 spiro atoms. The molecule has 0 aliphatic heterocycles. The number of hydrogen-bond acceptors (Lipinski definition) is 1. The van der Waals surface area contributed by atoms with E-state index in [2.05, 4.69) is 58.7 Å². The van der Waals surface area contributed by atoms with Crippen molar-refractivity contribution in [2.24, 2.45) is 11.8 Å². The molecule has 0 heterocycles. The molecule has 1 fully saturated rings. The van der Waals surface area contributed by atoms with Crippen LogP contribution in [0.1, 0.15) is 40.0 Å². The Morgan fingerprint density at radius 2 is 1.83 bits per heavy atom. The smallest absolute Gasteiger partial charge is 0.192 e. The van der Waals surface area contributed by atoms with Crippen LogP contribution in [-0.2, 0) is 4.43 Å². The zero-order chi connectivity index (χ0) is 13.8. The fourth-order valence-corrected chi connectivity index (χ4v) is 3.20. The third-order valence-corrected chi connectivity index (χ3v) is 9.16. The Labute approximate surface area is 114 Å². The summed E-state index contributed by atoms with van der Waals surface area (Å²) in [6.07, 6.45) is 10.7. The van der Waals surface area contributed by atoms with Crippen LogP contribution in [-0.4, -0.2) is 14.9 Å². The lowest BCUT2D eigenvalue weighted by atomic mass is 9.96. The first-order valence-electron chi connectivity index (χ1n) is 7.21. The minimum absolute atomic E-state index is 0.303. The molecule has 0 saturated heterocycles. The van der Waals surface area contributed by atoms with E-state index in [-0.39, 0.29) is 0 Å². The topological polar surface area (TPSA) is 9.23 Å². The first-order chi connectivity index (χ1) is 8.28. The van der Waals surface area contributed by atoms with Crippen molar-refractivity contribution in [3.8, 4) is 0 Å². The Hall–Kier alpha value is -0.343. The molecule has 1 aliphatic carbocycles. The largest absolute Gasteiger partial charge is 0.413 e. The monoisotopic (exact) mass is 266 g/mol. The highest BCUT2D eigenvalue weighted by atomic mass is 28.4. The van der Waals surface area contributed by atoms with Crippen molar-refractivity contribution in [1.82, 2.24) is 0 Å². The van der Waals surface area contributed by atoms with E-state index in [4.69, 9.17) is 4.43 Å². The van der Waals surface area contributed by atoms with Crippen LogP contribution in [0.4, 0.5) is 0 Å². The molecule has 18 heavy (non-hydrogen) atoms. The maximum atomic E-state index is 6.15. The normalized spacial score (nSPS) is 25.8. The van der Waals surface area contributed by atoms with Crippen molar-refractivity contribution < 1.29 is 4.43 Å². The van der Waals surface area contributed by atoms with Gasteiger partial charge < -0.3 is 4.43 Å². The van der Waals surface area contributed by atoms with Crippen LogP contribution in [0.3, 0.4) is 0 Å². The zero-order valence-corrected chi connectivity index (χ0v) is 13.8. The molecule has 0 aromatic heterocycles. The number of hydrogen-bond donors (Lipinski definition) is 0. The first kappa shape index (κ1) is 15.7. The predicted octanol–water partition coefficient (Wildman–Crippen LogP) is 5.17. The van der Waals surface area contributed by atoms with Gasteiger partial charge in [0, 0.05) is 0 Å². The van der Waals surface area contributed by atoms with Crippen LogP contribution in [0.25, 0.3) is 0 Å². The minimum Gasteiger partial charge on any atom is -0.413 e. The van der Waals surface area contributed by atoms with E-state index in [9.17, 15) is 0 Å². The Balaban J connectivity index is 2.40. The van der Waals surface area contributed by atoms with E-state index < -0.39 is 8.32 Å². The number of allylic oxidation sites excluding steroid dienone is 2. The van der Waals surface area contributed by atoms with Gasteiger partial charge in [0.2, 0.25) is 0 Å². The van der Waals surface area contributed by atoms with Gasteiger partial charge in [-0.1, -0.05) is 45.4 Å². The summed E-state index contributed by atoms with van der Waals surface area (Å²) in [7, 11) is -1.58. The Bertz CT molecular complexity index is 299. The van der Waals surface area contributed by atoms with Crippen LogP contribution >= 0.6 is 0 Å². The van der Waals surface area contributed by atoms with Crippen LogP contribution in [0, 0.1) is 11.8 Å². The molecule has 0 amide bonds. The van der Waals surface area contributed by atoms with Gasteiger partial charge in [-0.05, 0) is 42.8 Å². The highest BCUT2D eigenvalue weighted by Gasteiger charge is 2.36. The van der Waals surface area contributed by atoms with Gasteiger partial charge in [-0.15, -0.1) is 6.58 Å². The van der Waals surface area contributed by atoms with Crippen molar-refractivity contribution in [2.45, 2.75) is 58.2 Å². The molecule has 0 unspecified atom stereocenters. The summed E-state index contributed by atoms with van der Waals surface area (Å²) < 4.78 is 6.15. The molecule has 0 bridgehead atoms. The van der Waals surface area contributed by atoms with E-state index >= 15 is 0 Å². The summed E-state index contributed by atoms with van der Waals surface area (Å²) in [6.45, 7) is 16.2. The van der Waals surface area contributed by atoms with Crippen molar-refractivity contribution in [3.05, 3.63) is 24.8 Å². The molecule has 0 radical (unpaired) electrons. The van der Waals surface area contributed by atoms with Gasteiger partial charge in [-0.3, -0.25) is 0 Å². The lowest BCUT2D eigenvalue weighted by Crippen LogP contribution is -2.40. The highest BCUT2D eigenvalue weighted by Crippen LogP contribution is 2.36. The summed E-state index contributed by atoms with van der Waals surface area (Å²) in [5.41, 5.74) is 0. The lowest BCUT2D eigenvalue weighted by Gasteiger charge is -2.35. The summed E-state index contributed by atoms with van der Waals surface area (Å²) in [5.74, 6) is 1.39. The molecule has 1 nitrogen and oxygen atoms in total. The fourth-order valence-electron chi connectivity index (χ4n) is 2.25.